The average Bonchev–Trinajstić information content (AvgIpc) is 3.22. The molecule has 6 nitrogen and oxygen atoms in total. The van der Waals surface area contributed by atoms with Crippen LogP contribution in [-0.2, 0) is 19.3 Å². The number of aromatic amines is 1. The maximum absolute atomic E-state index is 4.05. The lowest BCUT2D eigenvalue weighted by molar-refractivity contribution is 0.108. The molecule has 3 aromatic rings. The normalized spacial score (nSPS) is 17.0. The van der Waals surface area contributed by atoms with Gasteiger partial charge < -0.3 is 4.90 Å². The minimum absolute atomic E-state index is 0. The highest BCUT2D eigenvalue weighted by molar-refractivity contribution is 5.85. The molecule has 1 aliphatic heterocycles. The molecule has 2 heterocycles. The number of benzene rings is 2. The summed E-state index contributed by atoms with van der Waals surface area (Å²) in [5, 5.41) is 14.3. The van der Waals surface area contributed by atoms with Gasteiger partial charge in [-0.25, -0.2) is 0 Å². The molecule has 0 radical (unpaired) electrons. The molecule has 8 heteroatoms. The van der Waals surface area contributed by atoms with Crippen molar-refractivity contribution in [2.45, 2.75) is 31.7 Å². The molecule has 2 aliphatic rings. The Labute approximate surface area is 196 Å². The Morgan fingerprint density at radius 3 is 2.03 bits per heavy atom. The maximum Gasteiger partial charge on any atom is 0.174 e. The van der Waals surface area contributed by atoms with Gasteiger partial charge in [0, 0.05) is 32.6 Å². The van der Waals surface area contributed by atoms with Crippen molar-refractivity contribution in [2.24, 2.45) is 0 Å². The third kappa shape index (κ3) is 5.26. The predicted molar refractivity (Wildman–Crippen MR) is 127 cm³/mol. The van der Waals surface area contributed by atoms with Gasteiger partial charge in [-0.2, -0.15) is 5.21 Å². The van der Waals surface area contributed by atoms with Crippen LogP contribution in [0.1, 0.15) is 40.5 Å². The summed E-state index contributed by atoms with van der Waals surface area (Å²) in [6.45, 7) is 5.55. The van der Waals surface area contributed by atoms with Gasteiger partial charge in [0.05, 0.1) is 6.04 Å². The number of aromatic nitrogens is 4. The monoisotopic (exact) mass is 460 g/mol. The molecule has 5 rings (SSSR count). The molecule has 1 saturated heterocycles. The summed E-state index contributed by atoms with van der Waals surface area (Å²) in [5.74, 6) is 0.815. The van der Waals surface area contributed by atoms with Crippen molar-refractivity contribution in [2.75, 3.05) is 32.7 Å². The van der Waals surface area contributed by atoms with E-state index in [4.69, 9.17) is 0 Å². The summed E-state index contributed by atoms with van der Waals surface area (Å²) >= 11 is 0. The summed E-state index contributed by atoms with van der Waals surface area (Å²) in [7, 11) is 0. The van der Waals surface area contributed by atoms with Gasteiger partial charge in [-0.1, -0.05) is 53.7 Å². The third-order valence-electron chi connectivity index (χ3n) is 6.40. The van der Waals surface area contributed by atoms with E-state index >= 15 is 0 Å². The second kappa shape index (κ2) is 11.0. The van der Waals surface area contributed by atoms with Crippen LogP contribution in [0.15, 0.2) is 48.5 Å². The molecule has 166 valence electrons. The van der Waals surface area contributed by atoms with E-state index in [0.29, 0.717) is 6.04 Å². The number of nitrogens with one attached hydrogen (secondary N) is 1. The van der Waals surface area contributed by atoms with Crippen molar-refractivity contribution >= 4 is 24.8 Å². The Morgan fingerprint density at radius 2 is 1.45 bits per heavy atom. The Balaban J connectivity index is 0.00000136. The average molecular weight is 461 g/mol. The lowest BCUT2D eigenvalue weighted by Gasteiger charge is -2.40. The Kier molecular flexibility index (Phi) is 8.43. The third-order valence-corrected chi connectivity index (χ3v) is 6.40. The van der Waals surface area contributed by atoms with E-state index in [0.717, 1.165) is 64.2 Å². The number of H-pyrrole nitrogens is 1. The van der Waals surface area contributed by atoms with Crippen LogP contribution in [0, 0.1) is 0 Å². The van der Waals surface area contributed by atoms with Crippen molar-refractivity contribution in [3.8, 4) is 0 Å². The van der Waals surface area contributed by atoms with Crippen molar-refractivity contribution in [3.63, 3.8) is 0 Å². The Hall–Kier alpha value is -1.99. The zero-order valence-electron chi connectivity index (χ0n) is 17.6. The van der Waals surface area contributed by atoms with Crippen LogP contribution in [0.3, 0.4) is 0 Å². The predicted octanol–water partition coefficient (Wildman–Crippen LogP) is 3.48. The molecule has 0 spiro atoms. The zero-order chi connectivity index (χ0) is 19.5. The van der Waals surface area contributed by atoms with E-state index in [1.54, 1.807) is 0 Å². The van der Waals surface area contributed by atoms with Gasteiger partial charge in [0.1, 0.15) is 0 Å². The van der Waals surface area contributed by atoms with Crippen LogP contribution >= 0.6 is 24.8 Å². The molecule has 0 saturated carbocycles. The second-order valence-corrected chi connectivity index (χ2v) is 8.11. The first-order valence-corrected chi connectivity index (χ1v) is 10.7. The van der Waals surface area contributed by atoms with Crippen LogP contribution in [0.5, 0.6) is 0 Å². The lowest BCUT2D eigenvalue weighted by Crippen LogP contribution is -2.48. The standard InChI is InChI=1S/C23H28N6.2ClH/c1-3-8-20-18(6-1)11-12-19-7-2-4-9-21(19)23(20)29-16-14-28(15-17-29)13-5-10-22-24-26-27-25-22;;/h1-4,6-9,23H,5,10-17H2,(H,24,25,26,27);2*1H. The molecular formula is C23H30Cl2N6. The van der Waals surface area contributed by atoms with Crippen LogP contribution in [0.4, 0.5) is 0 Å². The smallest absolute Gasteiger partial charge is 0.174 e. The van der Waals surface area contributed by atoms with E-state index in [1.807, 2.05) is 0 Å². The van der Waals surface area contributed by atoms with Crippen LogP contribution < -0.4 is 0 Å². The Bertz CT molecular complexity index is 893. The minimum atomic E-state index is 0. The van der Waals surface area contributed by atoms with Gasteiger partial charge in [-0.05, 0) is 48.1 Å². The summed E-state index contributed by atoms with van der Waals surface area (Å²) in [6, 6.07) is 18.5. The van der Waals surface area contributed by atoms with Gasteiger partial charge in [0.15, 0.2) is 5.82 Å². The van der Waals surface area contributed by atoms with E-state index in [1.165, 1.54) is 22.3 Å². The number of rotatable bonds is 5. The van der Waals surface area contributed by atoms with Gasteiger partial charge in [-0.15, -0.1) is 35.0 Å². The molecule has 31 heavy (non-hydrogen) atoms. The highest BCUT2D eigenvalue weighted by Gasteiger charge is 2.30. The number of piperazine rings is 1. The fourth-order valence-corrected chi connectivity index (χ4v) is 4.88. The molecule has 0 bridgehead atoms. The van der Waals surface area contributed by atoms with E-state index < -0.39 is 0 Å². The highest BCUT2D eigenvalue weighted by Crippen LogP contribution is 2.37. The van der Waals surface area contributed by atoms with Gasteiger partial charge in [0.25, 0.3) is 0 Å². The first-order valence-electron chi connectivity index (χ1n) is 10.7. The number of halogens is 2. The van der Waals surface area contributed by atoms with E-state index in [-0.39, 0.29) is 24.8 Å². The maximum atomic E-state index is 4.05. The zero-order valence-corrected chi connectivity index (χ0v) is 19.2. The van der Waals surface area contributed by atoms with Crippen molar-refractivity contribution in [1.82, 2.24) is 30.4 Å². The number of nitrogens with zero attached hydrogens (tertiary/aromatic N) is 5. The van der Waals surface area contributed by atoms with Gasteiger partial charge in [0.2, 0.25) is 0 Å². The molecule has 0 unspecified atom stereocenters. The summed E-state index contributed by atoms with van der Waals surface area (Å²) in [5.41, 5.74) is 6.03. The van der Waals surface area contributed by atoms with E-state index in [9.17, 15) is 0 Å². The fourth-order valence-electron chi connectivity index (χ4n) is 4.88. The van der Waals surface area contributed by atoms with Crippen molar-refractivity contribution < 1.29 is 0 Å². The molecule has 1 aromatic heterocycles. The molecule has 0 amide bonds. The lowest BCUT2D eigenvalue weighted by atomic mass is 9.92. The Morgan fingerprint density at radius 1 is 0.839 bits per heavy atom. The molecule has 2 aromatic carbocycles. The summed E-state index contributed by atoms with van der Waals surface area (Å²) < 4.78 is 0. The van der Waals surface area contributed by atoms with Crippen LogP contribution in [-0.4, -0.2) is 63.1 Å². The van der Waals surface area contributed by atoms with Crippen LogP contribution in [0.25, 0.3) is 0 Å². The van der Waals surface area contributed by atoms with Crippen LogP contribution in [0.2, 0.25) is 0 Å². The van der Waals surface area contributed by atoms with Crippen molar-refractivity contribution in [1.29, 1.82) is 0 Å². The molecule has 1 aliphatic carbocycles. The van der Waals surface area contributed by atoms with E-state index in [2.05, 4.69) is 79.0 Å². The molecule has 0 atom stereocenters. The largest absolute Gasteiger partial charge is 0.301 e. The quantitative estimate of drug-likeness (QED) is 0.631. The fraction of sp³-hybridized carbons (Fsp3) is 0.435. The number of fused-ring (bicyclic) bond motifs is 2. The number of aryl methyl sites for hydroxylation is 3. The number of hydrogen-bond acceptors (Lipinski definition) is 5. The number of hydrogen-bond donors (Lipinski definition) is 1. The first-order chi connectivity index (χ1) is 14.4. The molecule has 1 N–H and O–H groups in total. The van der Waals surface area contributed by atoms with Crippen molar-refractivity contribution in [3.05, 3.63) is 76.6 Å². The SMILES string of the molecule is Cl.Cl.c1ccc2c(c1)CCc1ccccc1C2N1CCN(CCCc2nn[nH]n2)CC1. The van der Waals surface area contributed by atoms with Gasteiger partial charge in [-0.3, -0.25) is 4.90 Å². The van der Waals surface area contributed by atoms with Gasteiger partial charge >= 0.3 is 0 Å². The number of tetrazole rings is 1. The highest BCUT2D eigenvalue weighted by atomic mass is 35.5. The summed E-state index contributed by atoms with van der Waals surface area (Å²) in [4.78, 5) is 5.27. The minimum Gasteiger partial charge on any atom is -0.301 e. The summed E-state index contributed by atoms with van der Waals surface area (Å²) in [6.07, 6.45) is 4.24. The molecule has 1 fully saturated rings. The molecular weight excluding hydrogens is 431 g/mol. The second-order valence-electron chi connectivity index (χ2n) is 8.11. The first kappa shape index (κ1) is 23.7. The topological polar surface area (TPSA) is 60.9 Å².